The smallest absolute Gasteiger partial charge is 0.0722 e. The highest BCUT2D eigenvalue weighted by molar-refractivity contribution is 5.26. The zero-order chi connectivity index (χ0) is 15.6. The molecule has 3 heteroatoms. The van der Waals surface area contributed by atoms with Crippen molar-refractivity contribution in [2.45, 2.75) is 52.6 Å². The lowest BCUT2D eigenvalue weighted by Crippen LogP contribution is -2.21. The minimum atomic E-state index is 0.0743. The maximum absolute atomic E-state index is 4.62. The summed E-state index contributed by atoms with van der Waals surface area (Å²) in [5.74, 6) is 0. The Morgan fingerprint density at radius 2 is 2.00 bits per heavy atom. The van der Waals surface area contributed by atoms with Gasteiger partial charge in [0.05, 0.1) is 5.69 Å². The van der Waals surface area contributed by atoms with E-state index in [4.69, 9.17) is 0 Å². The van der Waals surface area contributed by atoms with Crippen LogP contribution in [0.5, 0.6) is 0 Å². The van der Waals surface area contributed by atoms with Gasteiger partial charge in [-0.2, -0.15) is 5.10 Å². The number of nitrogens with zero attached hydrogens (tertiary/aromatic N) is 2. The van der Waals surface area contributed by atoms with Crippen molar-refractivity contribution in [1.29, 1.82) is 0 Å². The van der Waals surface area contributed by atoms with Crippen LogP contribution in [0, 0.1) is 6.92 Å². The highest BCUT2D eigenvalue weighted by Crippen LogP contribution is 2.24. The summed E-state index contributed by atoms with van der Waals surface area (Å²) < 4.78 is 1.91. The first-order valence-corrected chi connectivity index (χ1v) is 7.60. The van der Waals surface area contributed by atoms with Crippen molar-refractivity contribution in [2.24, 2.45) is 7.05 Å². The van der Waals surface area contributed by atoms with Crippen LogP contribution in [0.2, 0.25) is 0 Å². The summed E-state index contributed by atoms with van der Waals surface area (Å²) in [6, 6.07) is 9.00. The molecule has 2 aromatic rings. The van der Waals surface area contributed by atoms with Gasteiger partial charge in [0.15, 0.2) is 0 Å². The average molecular weight is 285 g/mol. The van der Waals surface area contributed by atoms with Crippen molar-refractivity contribution in [3.63, 3.8) is 0 Å². The molecule has 1 aromatic heterocycles. The van der Waals surface area contributed by atoms with Crippen molar-refractivity contribution in [2.75, 3.05) is 0 Å². The van der Waals surface area contributed by atoms with E-state index < -0.39 is 0 Å². The topological polar surface area (TPSA) is 29.9 Å². The van der Waals surface area contributed by atoms with Crippen LogP contribution in [0.25, 0.3) is 0 Å². The molecule has 0 aliphatic heterocycles. The van der Waals surface area contributed by atoms with Gasteiger partial charge in [0.25, 0.3) is 0 Å². The summed E-state index contributed by atoms with van der Waals surface area (Å²) in [5, 5.41) is 8.24. The lowest BCUT2D eigenvalue weighted by molar-refractivity contribution is 0.531. The Kier molecular flexibility index (Phi) is 4.52. The number of aryl methyl sites for hydroxylation is 2. The van der Waals surface area contributed by atoms with Gasteiger partial charge >= 0.3 is 0 Å². The summed E-state index contributed by atoms with van der Waals surface area (Å²) in [4.78, 5) is 0. The van der Waals surface area contributed by atoms with E-state index in [1.54, 1.807) is 0 Å². The monoisotopic (exact) mass is 285 g/mol. The minimum absolute atomic E-state index is 0.0743. The molecule has 114 valence electrons. The lowest BCUT2D eigenvalue weighted by atomic mass is 9.89. The molecule has 1 heterocycles. The quantitative estimate of drug-likeness (QED) is 0.924. The number of benzene rings is 1. The Labute approximate surface area is 128 Å². The van der Waals surface area contributed by atoms with E-state index in [9.17, 15) is 0 Å². The van der Waals surface area contributed by atoms with Crippen LogP contribution in [0.1, 0.15) is 56.1 Å². The van der Waals surface area contributed by atoms with E-state index >= 15 is 0 Å². The number of hydrogen-bond acceptors (Lipinski definition) is 2. The minimum Gasteiger partial charge on any atom is -0.306 e. The number of nitrogens with one attached hydrogen (secondary N) is 1. The van der Waals surface area contributed by atoms with Gasteiger partial charge in [0.1, 0.15) is 0 Å². The zero-order valence-corrected chi connectivity index (χ0v) is 14.1. The SMILES string of the molecule is Cc1cccc([C@@H](C)NCc2cn(C)nc2C(C)(C)C)c1. The van der Waals surface area contributed by atoms with Gasteiger partial charge in [0, 0.05) is 36.8 Å². The summed E-state index contributed by atoms with van der Waals surface area (Å²) in [5.41, 5.74) is 5.16. The Bertz CT molecular complexity index is 605. The molecule has 0 aliphatic carbocycles. The molecule has 0 saturated heterocycles. The van der Waals surface area contributed by atoms with Gasteiger partial charge < -0.3 is 5.32 Å². The Balaban J connectivity index is 2.10. The molecule has 21 heavy (non-hydrogen) atoms. The summed E-state index contributed by atoms with van der Waals surface area (Å²) in [6.45, 7) is 11.8. The van der Waals surface area contributed by atoms with Crippen LogP contribution in [0.15, 0.2) is 30.5 Å². The van der Waals surface area contributed by atoms with Crippen LogP contribution in [0.4, 0.5) is 0 Å². The third-order valence-corrected chi connectivity index (χ3v) is 3.76. The molecule has 0 spiro atoms. The van der Waals surface area contributed by atoms with Crippen LogP contribution in [0.3, 0.4) is 0 Å². The number of aromatic nitrogens is 2. The second-order valence-corrected chi connectivity index (χ2v) is 6.94. The Morgan fingerprint density at radius 1 is 1.29 bits per heavy atom. The number of hydrogen-bond donors (Lipinski definition) is 1. The van der Waals surface area contributed by atoms with E-state index in [0.717, 1.165) is 6.54 Å². The standard InChI is InChI=1S/C18H27N3/c1-13-8-7-9-15(10-13)14(2)19-11-16-12-21(6)20-17(16)18(3,4)5/h7-10,12,14,19H,11H2,1-6H3/t14-/m1/s1. The van der Waals surface area contributed by atoms with E-state index in [1.165, 1.54) is 22.4 Å². The third kappa shape index (κ3) is 3.94. The summed E-state index contributed by atoms with van der Waals surface area (Å²) in [7, 11) is 1.99. The fourth-order valence-corrected chi connectivity index (χ4v) is 2.62. The first kappa shape index (κ1) is 15.8. The van der Waals surface area contributed by atoms with E-state index in [-0.39, 0.29) is 5.41 Å². The van der Waals surface area contributed by atoms with E-state index in [0.29, 0.717) is 6.04 Å². The van der Waals surface area contributed by atoms with Gasteiger partial charge in [-0.3, -0.25) is 4.68 Å². The molecule has 0 aliphatic rings. The first-order chi connectivity index (χ1) is 9.77. The molecule has 0 fully saturated rings. The first-order valence-electron chi connectivity index (χ1n) is 7.60. The van der Waals surface area contributed by atoms with Crippen molar-refractivity contribution in [3.8, 4) is 0 Å². The molecule has 0 bridgehead atoms. The van der Waals surface area contributed by atoms with Crippen LogP contribution in [-0.4, -0.2) is 9.78 Å². The molecule has 0 amide bonds. The Hall–Kier alpha value is -1.61. The van der Waals surface area contributed by atoms with Gasteiger partial charge in [-0.05, 0) is 19.4 Å². The molecular weight excluding hydrogens is 258 g/mol. The molecule has 0 saturated carbocycles. The van der Waals surface area contributed by atoms with Gasteiger partial charge in [-0.15, -0.1) is 0 Å². The van der Waals surface area contributed by atoms with Crippen LogP contribution >= 0.6 is 0 Å². The molecule has 0 radical (unpaired) electrons. The van der Waals surface area contributed by atoms with Crippen molar-refractivity contribution >= 4 is 0 Å². The lowest BCUT2D eigenvalue weighted by Gasteiger charge is -2.19. The highest BCUT2D eigenvalue weighted by atomic mass is 15.3. The van der Waals surface area contributed by atoms with Gasteiger partial charge in [-0.25, -0.2) is 0 Å². The predicted octanol–water partition coefficient (Wildman–Crippen LogP) is 3.88. The van der Waals surface area contributed by atoms with Gasteiger partial charge in [0.2, 0.25) is 0 Å². The largest absolute Gasteiger partial charge is 0.306 e. The second kappa shape index (κ2) is 6.02. The molecule has 1 aromatic carbocycles. The maximum atomic E-state index is 4.62. The normalized spacial score (nSPS) is 13.4. The fourth-order valence-electron chi connectivity index (χ4n) is 2.62. The van der Waals surface area contributed by atoms with E-state index in [2.05, 4.69) is 75.5 Å². The van der Waals surface area contributed by atoms with Crippen LogP contribution < -0.4 is 5.32 Å². The highest BCUT2D eigenvalue weighted by Gasteiger charge is 2.21. The molecule has 3 nitrogen and oxygen atoms in total. The third-order valence-electron chi connectivity index (χ3n) is 3.76. The van der Waals surface area contributed by atoms with E-state index in [1.807, 2.05) is 11.7 Å². The Morgan fingerprint density at radius 3 is 2.62 bits per heavy atom. The summed E-state index contributed by atoms with van der Waals surface area (Å²) >= 11 is 0. The second-order valence-electron chi connectivity index (χ2n) is 6.94. The average Bonchev–Trinajstić information content (AvgIpc) is 2.77. The van der Waals surface area contributed by atoms with Gasteiger partial charge in [-0.1, -0.05) is 50.6 Å². The van der Waals surface area contributed by atoms with Crippen molar-refractivity contribution in [1.82, 2.24) is 15.1 Å². The van der Waals surface area contributed by atoms with Crippen molar-refractivity contribution < 1.29 is 0 Å². The van der Waals surface area contributed by atoms with Crippen molar-refractivity contribution in [3.05, 3.63) is 52.8 Å². The molecule has 1 N–H and O–H groups in total. The van der Waals surface area contributed by atoms with Crippen LogP contribution in [-0.2, 0) is 19.0 Å². The molecule has 2 rings (SSSR count). The summed E-state index contributed by atoms with van der Waals surface area (Å²) in [6.07, 6.45) is 2.12. The maximum Gasteiger partial charge on any atom is 0.0722 e. The number of rotatable bonds is 4. The molecule has 0 unspecified atom stereocenters. The molecular formula is C18H27N3. The molecule has 1 atom stereocenters. The zero-order valence-electron chi connectivity index (χ0n) is 14.1. The predicted molar refractivity (Wildman–Crippen MR) is 88.3 cm³/mol. The fraction of sp³-hybridized carbons (Fsp3) is 0.500.